The van der Waals surface area contributed by atoms with Crippen LogP contribution in [0.25, 0.3) is 12.2 Å². The van der Waals surface area contributed by atoms with Crippen molar-refractivity contribution in [3.8, 4) is 0 Å². The zero-order chi connectivity index (χ0) is 24.4. The number of unbranched alkanes of at least 4 members (excludes halogenated alkanes) is 4. The van der Waals surface area contributed by atoms with Crippen LogP contribution in [0.1, 0.15) is 63.5 Å². The van der Waals surface area contributed by atoms with Gasteiger partial charge < -0.3 is 14.4 Å². The number of hydrogen-bond acceptors (Lipinski definition) is 7. The zero-order valence-corrected chi connectivity index (χ0v) is 20.3. The third kappa shape index (κ3) is 15.3. The second-order valence-corrected chi connectivity index (χ2v) is 8.61. The van der Waals surface area contributed by atoms with Crippen LogP contribution in [0, 0.1) is 0 Å². The summed E-state index contributed by atoms with van der Waals surface area (Å²) in [6.07, 6.45) is 10.9. The fourth-order valence-electron chi connectivity index (χ4n) is 2.57. The summed E-state index contributed by atoms with van der Waals surface area (Å²) < 4.78 is 31.0. The fourth-order valence-corrected chi connectivity index (χ4v) is 3.33. The lowest BCUT2D eigenvalue weighted by atomic mass is 10.1. The maximum atomic E-state index is 11.8. The Hall–Kier alpha value is -2.25. The Morgan fingerprint density at radius 2 is 1.27 bits per heavy atom. The van der Waals surface area contributed by atoms with Crippen LogP contribution in [0.15, 0.2) is 36.4 Å². The molecule has 33 heavy (non-hydrogen) atoms. The van der Waals surface area contributed by atoms with Crippen LogP contribution in [0.2, 0.25) is 0 Å². The van der Waals surface area contributed by atoms with E-state index < -0.39 is 13.8 Å². The van der Waals surface area contributed by atoms with Crippen molar-refractivity contribution >= 4 is 31.9 Å². The van der Waals surface area contributed by atoms with E-state index in [0.29, 0.717) is 26.1 Å². The summed E-state index contributed by atoms with van der Waals surface area (Å²) in [7, 11) is -3.91. The molecule has 0 fully saturated rings. The molecule has 0 aliphatic carbocycles. The summed E-state index contributed by atoms with van der Waals surface area (Å²) in [5, 5.41) is 0. The van der Waals surface area contributed by atoms with Gasteiger partial charge >= 0.3 is 19.8 Å². The highest BCUT2D eigenvalue weighted by Crippen LogP contribution is 2.42. The molecule has 1 unspecified atom stereocenters. The Labute approximate surface area is 196 Å². The molecule has 9 heteroatoms. The molecule has 0 amide bonds. The number of phosphoric acid groups is 1. The van der Waals surface area contributed by atoms with Gasteiger partial charge in [0.25, 0.3) is 0 Å². The van der Waals surface area contributed by atoms with Crippen LogP contribution in [-0.2, 0) is 32.7 Å². The molecule has 0 radical (unpaired) electrons. The molecule has 0 aliphatic rings. The van der Waals surface area contributed by atoms with Gasteiger partial charge in [0.2, 0.25) is 0 Å². The molecular formula is C24H35O8P. The molecule has 0 heterocycles. The van der Waals surface area contributed by atoms with Gasteiger partial charge in [-0.05, 0) is 55.9 Å². The van der Waals surface area contributed by atoms with Gasteiger partial charge in [-0.1, -0.05) is 44.0 Å². The van der Waals surface area contributed by atoms with Gasteiger partial charge in [-0.25, -0.2) is 14.2 Å². The van der Waals surface area contributed by atoms with Crippen LogP contribution in [0.5, 0.6) is 0 Å². The summed E-state index contributed by atoms with van der Waals surface area (Å²) >= 11 is 0. The van der Waals surface area contributed by atoms with E-state index in [1.807, 2.05) is 31.2 Å². The average Bonchev–Trinajstić information content (AvgIpc) is 2.79. The maximum Gasteiger partial charge on any atom is 0.472 e. The fraction of sp³-hybridized carbons (Fsp3) is 0.500. The van der Waals surface area contributed by atoms with Gasteiger partial charge in [-0.3, -0.25) is 9.05 Å². The number of hydrogen-bond donors (Lipinski definition) is 1. The number of benzene rings is 1. The van der Waals surface area contributed by atoms with Gasteiger partial charge in [0, 0.05) is 12.2 Å². The molecular weight excluding hydrogens is 447 g/mol. The van der Waals surface area contributed by atoms with Crippen molar-refractivity contribution in [3.63, 3.8) is 0 Å². The van der Waals surface area contributed by atoms with E-state index in [4.69, 9.17) is 14.0 Å². The molecule has 1 atom stereocenters. The zero-order valence-electron chi connectivity index (χ0n) is 19.4. The van der Waals surface area contributed by atoms with Crippen molar-refractivity contribution in [3.05, 3.63) is 47.5 Å². The molecule has 0 spiro atoms. The SMILES string of the molecule is CCCCOC(=O)C=Cc1ccc(C=CC(=O)OCCCCCCOP(=O)(O)OCC)cc1. The predicted octanol–water partition coefficient (Wildman–Crippen LogP) is 5.31. The quantitative estimate of drug-likeness (QED) is 0.138. The number of phosphoric ester groups is 1. The highest BCUT2D eigenvalue weighted by atomic mass is 31.2. The minimum Gasteiger partial charge on any atom is -0.463 e. The minimum atomic E-state index is -3.91. The van der Waals surface area contributed by atoms with Crippen molar-refractivity contribution in [1.82, 2.24) is 0 Å². The highest BCUT2D eigenvalue weighted by molar-refractivity contribution is 7.47. The summed E-state index contributed by atoms with van der Waals surface area (Å²) in [5.74, 6) is -0.781. The van der Waals surface area contributed by atoms with Crippen LogP contribution >= 0.6 is 7.82 Å². The first-order valence-corrected chi connectivity index (χ1v) is 12.8. The molecule has 1 rings (SSSR count). The highest BCUT2D eigenvalue weighted by Gasteiger charge is 2.18. The Morgan fingerprint density at radius 3 is 1.76 bits per heavy atom. The second kappa shape index (κ2) is 17.3. The first kappa shape index (κ1) is 28.8. The van der Waals surface area contributed by atoms with Crippen molar-refractivity contribution in [2.24, 2.45) is 0 Å². The molecule has 8 nitrogen and oxygen atoms in total. The number of rotatable bonds is 17. The molecule has 1 N–H and O–H groups in total. The Morgan fingerprint density at radius 1 is 0.788 bits per heavy atom. The topological polar surface area (TPSA) is 108 Å². The maximum absolute atomic E-state index is 11.8. The molecule has 0 saturated carbocycles. The van der Waals surface area contributed by atoms with Crippen molar-refractivity contribution in [2.45, 2.75) is 52.4 Å². The Bertz CT molecular complexity index is 801. The average molecular weight is 483 g/mol. The van der Waals surface area contributed by atoms with E-state index >= 15 is 0 Å². The van der Waals surface area contributed by atoms with E-state index in [-0.39, 0.29) is 19.2 Å². The van der Waals surface area contributed by atoms with Gasteiger partial charge in [-0.15, -0.1) is 0 Å². The summed E-state index contributed by atoms with van der Waals surface area (Å²) in [4.78, 5) is 32.6. The number of esters is 2. The van der Waals surface area contributed by atoms with Crippen molar-refractivity contribution in [1.29, 1.82) is 0 Å². The smallest absolute Gasteiger partial charge is 0.463 e. The second-order valence-electron chi connectivity index (χ2n) is 7.16. The monoisotopic (exact) mass is 482 g/mol. The summed E-state index contributed by atoms with van der Waals surface area (Å²) in [6, 6.07) is 7.36. The van der Waals surface area contributed by atoms with Crippen LogP contribution in [0.3, 0.4) is 0 Å². The summed E-state index contributed by atoms with van der Waals surface area (Å²) in [6.45, 7) is 4.65. The van der Waals surface area contributed by atoms with Crippen molar-refractivity contribution < 1.29 is 37.6 Å². The molecule has 1 aromatic carbocycles. The lowest BCUT2D eigenvalue weighted by Crippen LogP contribution is -2.02. The molecule has 0 bridgehead atoms. The van der Waals surface area contributed by atoms with Gasteiger partial charge in [0.15, 0.2) is 0 Å². The number of carbonyl (C=O) groups is 2. The standard InChI is InChI=1S/C24H35O8P/c1-3-5-18-29-23(25)16-14-21-10-12-22(13-11-21)15-17-24(26)30-19-8-6-7-9-20-32-33(27,28)31-4-2/h10-17H,3-9,18-20H2,1-2H3,(H,27,28). The van der Waals surface area contributed by atoms with Gasteiger partial charge in [0.1, 0.15) is 0 Å². The van der Waals surface area contributed by atoms with Gasteiger partial charge in [0.05, 0.1) is 26.4 Å². The Kier molecular flexibility index (Phi) is 15.1. The summed E-state index contributed by atoms with van der Waals surface area (Å²) in [5.41, 5.74) is 1.69. The first-order valence-electron chi connectivity index (χ1n) is 11.3. The number of ether oxygens (including phenoxy) is 2. The molecule has 184 valence electrons. The lowest BCUT2D eigenvalue weighted by molar-refractivity contribution is -0.138. The van der Waals surface area contributed by atoms with Crippen LogP contribution in [-0.4, -0.2) is 43.3 Å². The molecule has 1 aromatic rings. The predicted molar refractivity (Wildman–Crippen MR) is 127 cm³/mol. The molecule has 0 aromatic heterocycles. The van der Waals surface area contributed by atoms with Crippen LogP contribution < -0.4 is 0 Å². The van der Waals surface area contributed by atoms with E-state index in [9.17, 15) is 19.0 Å². The van der Waals surface area contributed by atoms with Crippen LogP contribution in [0.4, 0.5) is 0 Å². The van der Waals surface area contributed by atoms with E-state index in [1.165, 1.54) is 12.2 Å². The largest absolute Gasteiger partial charge is 0.472 e. The van der Waals surface area contributed by atoms with E-state index in [2.05, 4.69) is 4.52 Å². The first-order chi connectivity index (χ1) is 15.9. The third-order valence-electron chi connectivity index (χ3n) is 4.33. The normalized spacial score (nSPS) is 13.3. The van der Waals surface area contributed by atoms with Gasteiger partial charge in [-0.2, -0.15) is 0 Å². The number of carbonyl (C=O) groups excluding carboxylic acids is 2. The minimum absolute atomic E-state index is 0.119. The Balaban J connectivity index is 2.20. The van der Waals surface area contributed by atoms with E-state index in [1.54, 1.807) is 19.1 Å². The van der Waals surface area contributed by atoms with E-state index in [0.717, 1.165) is 36.8 Å². The molecule has 0 aliphatic heterocycles. The van der Waals surface area contributed by atoms with Crippen molar-refractivity contribution in [2.75, 3.05) is 26.4 Å². The third-order valence-corrected chi connectivity index (χ3v) is 5.43. The molecule has 0 saturated heterocycles. The lowest BCUT2D eigenvalue weighted by Gasteiger charge is -2.10.